The molecule has 0 amide bonds. The molecule has 0 saturated heterocycles. The second-order valence-corrected chi connectivity index (χ2v) is 3.60. The zero-order valence-corrected chi connectivity index (χ0v) is 8.51. The molecule has 0 aliphatic carbocycles. The predicted molar refractivity (Wildman–Crippen MR) is 63.7 cm³/mol. The number of hydrogen-bond donors (Lipinski definition) is 2. The third-order valence-corrected chi connectivity index (χ3v) is 2.51. The third-order valence-electron chi connectivity index (χ3n) is 2.51. The minimum absolute atomic E-state index is 0.518. The lowest BCUT2D eigenvalue weighted by Crippen LogP contribution is -1.89. The van der Waals surface area contributed by atoms with Crippen LogP contribution in [0.25, 0.3) is 22.2 Å². The highest BCUT2D eigenvalue weighted by Crippen LogP contribution is 2.22. The number of aromatic nitrogens is 3. The summed E-state index contributed by atoms with van der Waals surface area (Å²) in [5.41, 5.74) is 9.69. The first-order chi connectivity index (χ1) is 7.83. The molecule has 3 rings (SSSR count). The molecule has 3 heterocycles. The molecule has 0 spiro atoms. The summed E-state index contributed by atoms with van der Waals surface area (Å²) in [6.45, 7) is 0. The topological polar surface area (TPSA) is 67.6 Å². The summed E-state index contributed by atoms with van der Waals surface area (Å²) in [6.07, 6.45) is 5.41. The number of fused-ring (bicyclic) bond motifs is 1. The van der Waals surface area contributed by atoms with E-state index in [0.717, 1.165) is 22.2 Å². The fourth-order valence-electron chi connectivity index (χ4n) is 1.72. The van der Waals surface area contributed by atoms with Gasteiger partial charge in [0.05, 0.1) is 11.0 Å². The van der Waals surface area contributed by atoms with E-state index in [2.05, 4.69) is 21.0 Å². The highest BCUT2D eigenvalue weighted by molar-refractivity contribution is 5.80. The van der Waals surface area contributed by atoms with Crippen molar-refractivity contribution in [3.63, 3.8) is 0 Å². The fourth-order valence-corrected chi connectivity index (χ4v) is 1.72. The number of anilines is 1. The highest BCUT2D eigenvalue weighted by atomic mass is 14.8. The first-order valence-corrected chi connectivity index (χ1v) is 4.98. The summed E-state index contributed by atoms with van der Waals surface area (Å²) in [5, 5.41) is 0. The van der Waals surface area contributed by atoms with Gasteiger partial charge in [-0.2, -0.15) is 0 Å². The standard InChI is InChI=1S/C12H10N4/c13-12-6-8(1-3-15-12)9-5-11-10(16-7-9)2-4-14-11/h1-7,14H,(H2,13,15). The SMILES string of the molecule is Nc1cc(-c2cnc3cc[nH]c3c2)ccn1. The number of nitrogen functional groups attached to an aromatic ring is 1. The van der Waals surface area contributed by atoms with Gasteiger partial charge >= 0.3 is 0 Å². The van der Waals surface area contributed by atoms with E-state index in [1.807, 2.05) is 30.6 Å². The largest absolute Gasteiger partial charge is 0.384 e. The molecule has 0 aromatic carbocycles. The Bertz CT molecular complexity index is 642. The van der Waals surface area contributed by atoms with E-state index in [1.54, 1.807) is 6.20 Å². The average Bonchev–Trinajstić information content (AvgIpc) is 2.75. The van der Waals surface area contributed by atoms with Gasteiger partial charge < -0.3 is 10.7 Å². The van der Waals surface area contributed by atoms with E-state index in [1.165, 1.54) is 0 Å². The Morgan fingerprint density at radius 2 is 2.00 bits per heavy atom. The van der Waals surface area contributed by atoms with Crippen LogP contribution in [-0.2, 0) is 0 Å². The lowest BCUT2D eigenvalue weighted by molar-refractivity contribution is 1.33. The van der Waals surface area contributed by atoms with Gasteiger partial charge in [-0.3, -0.25) is 4.98 Å². The lowest BCUT2D eigenvalue weighted by Gasteiger charge is -2.01. The van der Waals surface area contributed by atoms with Gasteiger partial charge in [0.1, 0.15) is 5.82 Å². The number of nitrogens with zero attached hydrogens (tertiary/aromatic N) is 2. The number of hydrogen-bond acceptors (Lipinski definition) is 3. The van der Waals surface area contributed by atoms with Gasteiger partial charge in [0.25, 0.3) is 0 Å². The Hall–Kier alpha value is -2.36. The molecule has 0 fully saturated rings. The van der Waals surface area contributed by atoms with Crippen LogP contribution in [0, 0.1) is 0 Å². The van der Waals surface area contributed by atoms with E-state index in [-0.39, 0.29) is 0 Å². The van der Waals surface area contributed by atoms with Gasteiger partial charge in [-0.05, 0) is 29.8 Å². The van der Waals surface area contributed by atoms with Crippen molar-refractivity contribution in [1.29, 1.82) is 0 Å². The zero-order chi connectivity index (χ0) is 11.0. The van der Waals surface area contributed by atoms with Gasteiger partial charge in [-0.25, -0.2) is 4.98 Å². The van der Waals surface area contributed by atoms with Crippen LogP contribution in [0.1, 0.15) is 0 Å². The van der Waals surface area contributed by atoms with Gasteiger partial charge in [-0.1, -0.05) is 0 Å². The second-order valence-electron chi connectivity index (χ2n) is 3.60. The van der Waals surface area contributed by atoms with Crippen molar-refractivity contribution in [2.24, 2.45) is 0 Å². The molecular formula is C12H10N4. The summed E-state index contributed by atoms with van der Waals surface area (Å²) in [4.78, 5) is 11.5. The Balaban J connectivity index is 2.18. The van der Waals surface area contributed by atoms with E-state index >= 15 is 0 Å². The van der Waals surface area contributed by atoms with Crippen molar-refractivity contribution in [3.8, 4) is 11.1 Å². The zero-order valence-electron chi connectivity index (χ0n) is 8.51. The smallest absolute Gasteiger partial charge is 0.123 e. The molecule has 0 bridgehead atoms. The number of H-pyrrole nitrogens is 1. The molecule has 0 saturated carbocycles. The molecule has 0 unspecified atom stereocenters. The van der Waals surface area contributed by atoms with Gasteiger partial charge in [-0.15, -0.1) is 0 Å². The molecule has 0 atom stereocenters. The molecule has 3 aromatic rings. The third kappa shape index (κ3) is 1.40. The average molecular weight is 210 g/mol. The predicted octanol–water partition coefficient (Wildman–Crippen LogP) is 2.21. The number of pyridine rings is 2. The van der Waals surface area contributed by atoms with Crippen LogP contribution in [0.15, 0.2) is 42.9 Å². The van der Waals surface area contributed by atoms with Gasteiger partial charge in [0.15, 0.2) is 0 Å². The van der Waals surface area contributed by atoms with Crippen LogP contribution in [-0.4, -0.2) is 15.0 Å². The Labute approximate surface area is 92.2 Å². The van der Waals surface area contributed by atoms with Crippen LogP contribution in [0.5, 0.6) is 0 Å². The maximum Gasteiger partial charge on any atom is 0.123 e. The van der Waals surface area contributed by atoms with E-state index in [4.69, 9.17) is 5.73 Å². The quantitative estimate of drug-likeness (QED) is 0.647. The van der Waals surface area contributed by atoms with Crippen molar-refractivity contribution < 1.29 is 0 Å². The van der Waals surface area contributed by atoms with Crippen molar-refractivity contribution in [3.05, 3.63) is 42.9 Å². The van der Waals surface area contributed by atoms with Crippen molar-refractivity contribution in [2.45, 2.75) is 0 Å². The number of aromatic amines is 1. The lowest BCUT2D eigenvalue weighted by atomic mass is 10.1. The van der Waals surface area contributed by atoms with Gasteiger partial charge in [0.2, 0.25) is 0 Å². The maximum atomic E-state index is 5.65. The van der Waals surface area contributed by atoms with Crippen molar-refractivity contribution >= 4 is 16.9 Å². The minimum atomic E-state index is 0.518. The molecule has 0 aliphatic rings. The molecular weight excluding hydrogens is 200 g/mol. The Morgan fingerprint density at radius 1 is 1.06 bits per heavy atom. The first kappa shape index (κ1) is 8.91. The van der Waals surface area contributed by atoms with Crippen LogP contribution in [0.2, 0.25) is 0 Å². The van der Waals surface area contributed by atoms with Gasteiger partial charge in [0, 0.05) is 24.2 Å². The maximum absolute atomic E-state index is 5.65. The monoisotopic (exact) mass is 210 g/mol. The molecule has 4 nitrogen and oxygen atoms in total. The summed E-state index contributed by atoms with van der Waals surface area (Å²) >= 11 is 0. The number of nitrogens with one attached hydrogen (secondary N) is 1. The molecule has 4 heteroatoms. The van der Waals surface area contributed by atoms with E-state index in [9.17, 15) is 0 Å². The summed E-state index contributed by atoms with van der Waals surface area (Å²) in [5.74, 6) is 0.518. The summed E-state index contributed by atoms with van der Waals surface area (Å²) in [6, 6.07) is 7.76. The molecule has 78 valence electrons. The summed E-state index contributed by atoms with van der Waals surface area (Å²) in [7, 11) is 0. The Morgan fingerprint density at radius 3 is 2.88 bits per heavy atom. The fraction of sp³-hybridized carbons (Fsp3) is 0. The van der Waals surface area contributed by atoms with E-state index in [0.29, 0.717) is 5.82 Å². The highest BCUT2D eigenvalue weighted by Gasteiger charge is 2.01. The van der Waals surface area contributed by atoms with Crippen LogP contribution in [0.3, 0.4) is 0 Å². The van der Waals surface area contributed by atoms with Crippen LogP contribution in [0.4, 0.5) is 5.82 Å². The van der Waals surface area contributed by atoms with Crippen LogP contribution < -0.4 is 5.73 Å². The number of nitrogens with two attached hydrogens (primary N) is 1. The molecule has 16 heavy (non-hydrogen) atoms. The molecule has 3 aromatic heterocycles. The number of rotatable bonds is 1. The summed E-state index contributed by atoms with van der Waals surface area (Å²) < 4.78 is 0. The normalized spacial score (nSPS) is 10.8. The van der Waals surface area contributed by atoms with Crippen LogP contribution >= 0.6 is 0 Å². The van der Waals surface area contributed by atoms with Crippen molar-refractivity contribution in [1.82, 2.24) is 15.0 Å². The van der Waals surface area contributed by atoms with E-state index < -0.39 is 0 Å². The second kappa shape index (κ2) is 3.34. The van der Waals surface area contributed by atoms with Crippen molar-refractivity contribution in [2.75, 3.05) is 5.73 Å². The molecule has 0 aliphatic heterocycles. The first-order valence-electron chi connectivity index (χ1n) is 4.98. The minimum Gasteiger partial charge on any atom is -0.384 e. The Kier molecular flexibility index (Phi) is 1.86. The molecule has 3 N–H and O–H groups in total. The molecule has 0 radical (unpaired) electrons.